The number of aromatic nitrogens is 2. The van der Waals surface area contributed by atoms with Crippen molar-refractivity contribution in [3.05, 3.63) is 73.4 Å². The molecule has 134 valence electrons. The molecule has 0 spiro atoms. The van der Waals surface area contributed by atoms with Crippen molar-refractivity contribution in [2.24, 2.45) is 5.73 Å². The SMILES string of the molecule is N#CC1=C(N)Oc2n[nH]c(-c3ccc(Cl)cc3)c2[C@@H]1c1ccc([N+](=O)[O-])s1. The van der Waals surface area contributed by atoms with Gasteiger partial charge in [0.2, 0.25) is 11.8 Å². The third-order valence-electron chi connectivity index (χ3n) is 4.15. The largest absolute Gasteiger partial charge is 0.420 e. The van der Waals surface area contributed by atoms with Crippen molar-refractivity contribution in [3.63, 3.8) is 0 Å². The van der Waals surface area contributed by atoms with E-state index in [2.05, 4.69) is 16.3 Å². The number of ether oxygens (including phenoxy) is 1. The lowest BCUT2D eigenvalue weighted by Crippen LogP contribution is -2.20. The molecule has 1 aromatic carbocycles. The first-order chi connectivity index (χ1) is 13.0. The second-order valence-electron chi connectivity index (χ2n) is 5.68. The van der Waals surface area contributed by atoms with Crippen LogP contribution in [0.1, 0.15) is 16.4 Å². The first kappa shape index (κ1) is 17.1. The molecule has 0 aliphatic carbocycles. The van der Waals surface area contributed by atoms with Crippen molar-refractivity contribution in [3.8, 4) is 23.2 Å². The lowest BCUT2D eigenvalue weighted by atomic mass is 9.87. The molecule has 0 unspecified atom stereocenters. The van der Waals surface area contributed by atoms with Gasteiger partial charge in [-0.1, -0.05) is 35.1 Å². The minimum absolute atomic E-state index is 0.0227. The number of thiophene rings is 1. The summed E-state index contributed by atoms with van der Waals surface area (Å²) in [7, 11) is 0. The highest BCUT2D eigenvalue weighted by Crippen LogP contribution is 2.48. The van der Waals surface area contributed by atoms with E-state index < -0.39 is 10.8 Å². The van der Waals surface area contributed by atoms with Gasteiger partial charge in [-0.3, -0.25) is 15.2 Å². The Morgan fingerprint density at radius 1 is 1.33 bits per heavy atom. The van der Waals surface area contributed by atoms with E-state index >= 15 is 0 Å². The Balaban J connectivity index is 1.92. The molecular weight excluding hydrogens is 390 g/mol. The molecule has 27 heavy (non-hydrogen) atoms. The van der Waals surface area contributed by atoms with Gasteiger partial charge in [-0.05, 0) is 18.2 Å². The van der Waals surface area contributed by atoms with E-state index in [9.17, 15) is 15.4 Å². The molecule has 0 saturated heterocycles. The number of nitrogens with two attached hydrogens (primary N) is 1. The van der Waals surface area contributed by atoms with Gasteiger partial charge < -0.3 is 10.5 Å². The van der Waals surface area contributed by atoms with Gasteiger partial charge >= 0.3 is 5.00 Å². The summed E-state index contributed by atoms with van der Waals surface area (Å²) in [6.07, 6.45) is 0. The summed E-state index contributed by atoms with van der Waals surface area (Å²) >= 11 is 6.94. The zero-order valence-corrected chi connectivity index (χ0v) is 15.0. The van der Waals surface area contributed by atoms with Gasteiger partial charge in [0, 0.05) is 21.5 Å². The van der Waals surface area contributed by atoms with Crippen LogP contribution in [0.25, 0.3) is 11.3 Å². The van der Waals surface area contributed by atoms with Gasteiger partial charge in [0.15, 0.2) is 0 Å². The van der Waals surface area contributed by atoms with E-state index in [1.54, 1.807) is 30.3 Å². The summed E-state index contributed by atoms with van der Waals surface area (Å²) in [5.41, 5.74) is 8.09. The van der Waals surface area contributed by atoms with E-state index in [0.717, 1.165) is 16.9 Å². The molecule has 10 heteroatoms. The molecule has 3 aromatic rings. The lowest BCUT2D eigenvalue weighted by Gasteiger charge is -2.22. The summed E-state index contributed by atoms with van der Waals surface area (Å²) in [4.78, 5) is 11.2. The fourth-order valence-corrected chi connectivity index (χ4v) is 4.03. The van der Waals surface area contributed by atoms with Crippen molar-refractivity contribution in [1.82, 2.24) is 10.2 Å². The normalized spacial score (nSPS) is 15.8. The quantitative estimate of drug-likeness (QED) is 0.507. The van der Waals surface area contributed by atoms with Crippen LogP contribution in [-0.4, -0.2) is 15.1 Å². The monoisotopic (exact) mass is 399 g/mol. The highest BCUT2D eigenvalue weighted by atomic mass is 35.5. The number of nitrogens with zero attached hydrogens (tertiary/aromatic N) is 3. The maximum atomic E-state index is 11.1. The van der Waals surface area contributed by atoms with Gasteiger partial charge in [-0.25, -0.2) is 0 Å². The Morgan fingerprint density at radius 3 is 2.70 bits per heavy atom. The summed E-state index contributed by atoms with van der Waals surface area (Å²) in [6, 6.07) is 12.2. The zero-order chi connectivity index (χ0) is 19.1. The van der Waals surface area contributed by atoms with Crippen LogP contribution in [-0.2, 0) is 0 Å². The highest BCUT2D eigenvalue weighted by Gasteiger charge is 2.37. The molecule has 3 N–H and O–H groups in total. The van der Waals surface area contributed by atoms with Crippen LogP contribution in [0.5, 0.6) is 5.88 Å². The summed E-state index contributed by atoms with van der Waals surface area (Å²) in [6.45, 7) is 0. The molecule has 1 aliphatic heterocycles. The molecule has 0 fully saturated rings. The Bertz CT molecular complexity index is 1130. The molecule has 0 saturated carbocycles. The minimum Gasteiger partial charge on any atom is -0.420 e. The first-order valence-electron chi connectivity index (χ1n) is 7.65. The Labute approximate surface area is 161 Å². The van der Waals surface area contributed by atoms with E-state index in [1.807, 2.05) is 0 Å². The third-order valence-corrected chi connectivity index (χ3v) is 5.50. The topological polar surface area (TPSA) is 131 Å². The summed E-state index contributed by atoms with van der Waals surface area (Å²) in [5, 5.41) is 28.3. The average Bonchev–Trinajstić information content (AvgIpc) is 3.28. The molecule has 0 radical (unpaired) electrons. The number of halogens is 1. The molecule has 3 heterocycles. The van der Waals surface area contributed by atoms with E-state index in [-0.39, 0.29) is 22.3 Å². The van der Waals surface area contributed by atoms with Crippen molar-refractivity contribution >= 4 is 27.9 Å². The van der Waals surface area contributed by atoms with Crippen molar-refractivity contribution in [1.29, 1.82) is 5.26 Å². The van der Waals surface area contributed by atoms with E-state index in [1.165, 1.54) is 6.07 Å². The molecule has 4 rings (SSSR count). The Morgan fingerprint density at radius 2 is 2.07 bits per heavy atom. The minimum atomic E-state index is -0.623. The van der Waals surface area contributed by atoms with Crippen molar-refractivity contribution in [2.45, 2.75) is 5.92 Å². The van der Waals surface area contributed by atoms with Gasteiger partial charge in [0.05, 0.1) is 22.1 Å². The number of aromatic amines is 1. The number of H-pyrrole nitrogens is 1. The fraction of sp³-hybridized carbons (Fsp3) is 0.0588. The second kappa shape index (κ2) is 6.42. The molecule has 8 nitrogen and oxygen atoms in total. The Hall–Kier alpha value is -3.35. The van der Waals surface area contributed by atoms with E-state index in [0.29, 0.717) is 21.2 Å². The van der Waals surface area contributed by atoms with Gasteiger partial charge in [-0.2, -0.15) is 5.26 Å². The lowest BCUT2D eigenvalue weighted by molar-refractivity contribution is -0.380. The number of allylic oxidation sites excluding steroid dienone is 1. The number of benzene rings is 1. The summed E-state index contributed by atoms with van der Waals surface area (Å²) < 4.78 is 5.50. The number of nitro groups is 1. The van der Waals surface area contributed by atoms with Crippen LogP contribution < -0.4 is 10.5 Å². The number of hydrogen-bond donors (Lipinski definition) is 2. The maximum absolute atomic E-state index is 11.1. The molecule has 1 atom stereocenters. The van der Waals surface area contributed by atoms with Gasteiger partial charge in [0.1, 0.15) is 11.6 Å². The molecular formula is C17H10ClN5O3S. The van der Waals surface area contributed by atoms with Gasteiger partial charge in [-0.15, -0.1) is 5.10 Å². The van der Waals surface area contributed by atoms with Gasteiger partial charge in [0.25, 0.3) is 0 Å². The number of hydrogen-bond acceptors (Lipinski definition) is 7. The summed E-state index contributed by atoms with van der Waals surface area (Å²) in [5.74, 6) is -0.459. The number of nitrogens with one attached hydrogen (secondary N) is 1. The molecule has 0 bridgehead atoms. The fourth-order valence-electron chi connectivity index (χ4n) is 2.96. The number of fused-ring (bicyclic) bond motifs is 1. The molecule has 1 aliphatic rings. The maximum Gasteiger partial charge on any atom is 0.324 e. The first-order valence-corrected chi connectivity index (χ1v) is 8.85. The number of rotatable bonds is 3. The van der Waals surface area contributed by atoms with Crippen molar-refractivity contribution < 1.29 is 9.66 Å². The van der Waals surface area contributed by atoms with Crippen LogP contribution in [0.4, 0.5) is 5.00 Å². The van der Waals surface area contributed by atoms with Crippen LogP contribution in [0, 0.1) is 21.4 Å². The van der Waals surface area contributed by atoms with Crippen LogP contribution in [0.2, 0.25) is 5.02 Å². The molecule has 2 aromatic heterocycles. The molecule has 0 amide bonds. The zero-order valence-electron chi connectivity index (χ0n) is 13.5. The van der Waals surface area contributed by atoms with Crippen LogP contribution in [0.3, 0.4) is 0 Å². The van der Waals surface area contributed by atoms with Crippen LogP contribution >= 0.6 is 22.9 Å². The van der Waals surface area contributed by atoms with Crippen molar-refractivity contribution in [2.75, 3.05) is 0 Å². The average molecular weight is 400 g/mol. The smallest absolute Gasteiger partial charge is 0.324 e. The van der Waals surface area contributed by atoms with E-state index in [4.69, 9.17) is 22.1 Å². The predicted molar refractivity (Wildman–Crippen MR) is 99.3 cm³/mol. The predicted octanol–water partition coefficient (Wildman–Crippen LogP) is 3.92. The standard InChI is InChI=1S/C17H10ClN5O3S/c18-9-3-1-8(2-4-9)15-14-13(11-5-6-12(27-11)23(24)25)10(7-19)16(20)26-17(14)22-21-15/h1-6,13H,20H2,(H,21,22)/t13-/m0/s1. The Kier molecular flexibility index (Phi) is 4.07. The second-order valence-corrected chi connectivity index (χ2v) is 7.21. The van der Waals surface area contributed by atoms with Crippen LogP contribution in [0.15, 0.2) is 47.9 Å². The highest BCUT2D eigenvalue weighted by molar-refractivity contribution is 7.15. The third kappa shape index (κ3) is 2.81. The number of nitriles is 1.